The molecule has 3 rings (SSSR count). The molecule has 3 aromatic heterocycles. The van der Waals surface area contributed by atoms with Gasteiger partial charge in [0.05, 0.1) is 18.5 Å². The van der Waals surface area contributed by atoms with Crippen LogP contribution in [0.1, 0.15) is 12.7 Å². The number of fused-ring (bicyclic) bond motifs is 1. The van der Waals surface area contributed by atoms with Crippen LogP contribution in [0.3, 0.4) is 0 Å². The van der Waals surface area contributed by atoms with E-state index in [1.54, 1.807) is 0 Å². The highest BCUT2D eigenvalue weighted by Gasteiger charge is 2.38. The highest BCUT2D eigenvalue weighted by atomic mass is 19.3. The van der Waals surface area contributed by atoms with Crippen LogP contribution in [-0.4, -0.2) is 50.4 Å². The molecule has 0 aliphatic rings. The third-order valence-corrected chi connectivity index (χ3v) is 3.62. The lowest BCUT2D eigenvalue weighted by Gasteiger charge is -2.14. The molecule has 0 amide bonds. The topological polar surface area (TPSA) is 74.4 Å². The second-order valence-electron chi connectivity index (χ2n) is 5.50. The van der Waals surface area contributed by atoms with Gasteiger partial charge in [-0.25, -0.2) is 18.2 Å². The molecule has 3 aromatic rings. The Bertz CT molecular complexity index is 935. The fourth-order valence-electron chi connectivity index (χ4n) is 2.30. The maximum absolute atomic E-state index is 14.0. The molecule has 1 unspecified atom stereocenters. The van der Waals surface area contributed by atoms with Gasteiger partial charge < -0.3 is 9.47 Å². The first kappa shape index (κ1) is 19.9. The van der Waals surface area contributed by atoms with Crippen LogP contribution in [0.4, 0.5) is 22.0 Å². The van der Waals surface area contributed by atoms with E-state index < -0.39 is 31.1 Å². The predicted molar refractivity (Wildman–Crippen MR) is 85.9 cm³/mol. The van der Waals surface area contributed by atoms with E-state index >= 15 is 0 Å². The molecule has 0 saturated carbocycles. The van der Waals surface area contributed by atoms with Gasteiger partial charge in [-0.2, -0.15) is 8.78 Å². The van der Waals surface area contributed by atoms with E-state index in [0.717, 1.165) is 4.40 Å². The molecule has 150 valence electrons. The Labute approximate surface area is 155 Å². The first-order valence-corrected chi connectivity index (χ1v) is 8.06. The van der Waals surface area contributed by atoms with Gasteiger partial charge in [-0.3, -0.25) is 9.38 Å². The van der Waals surface area contributed by atoms with Crippen molar-refractivity contribution in [3.8, 4) is 17.1 Å². The molecule has 12 heteroatoms. The number of nitrogens with zero attached hydrogens (tertiary/aromatic N) is 5. The molecule has 0 N–H and O–H groups in total. The summed E-state index contributed by atoms with van der Waals surface area (Å²) >= 11 is 0. The van der Waals surface area contributed by atoms with Crippen LogP contribution in [0, 0.1) is 0 Å². The molecule has 0 aliphatic heterocycles. The summed E-state index contributed by atoms with van der Waals surface area (Å²) < 4.78 is 75.9. The second kappa shape index (κ2) is 8.00. The lowest BCUT2D eigenvalue weighted by molar-refractivity contribution is -0.251. The Balaban J connectivity index is 1.89. The van der Waals surface area contributed by atoms with Crippen molar-refractivity contribution in [2.45, 2.75) is 25.6 Å². The van der Waals surface area contributed by atoms with Crippen LogP contribution in [0.5, 0.6) is 5.88 Å². The first-order chi connectivity index (χ1) is 13.4. The largest absolute Gasteiger partial charge is 0.465 e. The minimum atomic E-state index is -3.65. The van der Waals surface area contributed by atoms with Crippen molar-refractivity contribution < 1.29 is 31.4 Å². The average molecular weight is 403 g/mol. The molecule has 1 atom stereocenters. The summed E-state index contributed by atoms with van der Waals surface area (Å²) in [5, 5.41) is 7.07. The van der Waals surface area contributed by atoms with Crippen molar-refractivity contribution >= 4 is 5.65 Å². The van der Waals surface area contributed by atoms with Crippen LogP contribution in [0.15, 0.2) is 30.7 Å². The van der Waals surface area contributed by atoms with E-state index in [0.29, 0.717) is 5.56 Å². The van der Waals surface area contributed by atoms with Gasteiger partial charge in [-0.1, -0.05) is 0 Å². The van der Waals surface area contributed by atoms with Crippen LogP contribution < -0.4 is 4.74 Å². The number of hydrogen-bond donors (Lipinski definition) is 0. The standard InChI is InChI=1S/C16H14F5N5O2/c1-2-27-16(20,21)15-25-24-12-7-22-10(8-26(12)15)9-3-4-13(23-6-9)28-11(5-17)14(18)19/h3-4,6-8,11,14H,2,5H2,1H3. The van der Waals surface area contributed by atoms with E-state index in [-0.39, 0.29) is 23.8 Å². The quantitative estimate of drug-likeness (QED) is 0.538. The molecule has 0 radical (unpaired) electrons. The summed E-state index contributed by atoms with van der Waals surface area (Å²) in [6, 6.07) is 2.66. The van der Waals surface area contributed by atoms with Gasteiger partial charge >= 0.3 is 6.11 Å². The van der Waals surface area contributed by atoms with Crippen molar-refractivity contribution in [2.75, 3.05) is 13.3 Å². The molecular formula is C16H14F5N5O2. The zero-order valence-electron chi connectivity index (χ0n) is 14.4. The minimum Gasteiger partial charge on any atom is -0.465 e. The van der Waals surface area contributed by atoms with Gasteiger partial charge in [-0.05, 0) is 13.0 Å². The van der Waals surface area contributed by atoms with E-state index in [2.05, 4.69) is 24.9 Å². The SMILES string of the molecule is CCOC(F)(F)c1nnc2cnc(-c3ccc(OC(CF)C(F)F)nc3)cn12. The van der Waals surface area contributed by atoms with E-state index in [4.69, 9.17) is 4.74 Å². The van der Waals surface area contributed by atoms with Gasteiger partial charge in [0, 0.05) is 24.0 Å². The van der Waals surface area contributed by atoms with Gasteiger partial charge in [0.1, 0.15) is 6.67 Å². The summed E-state index contributed by atoms with van der Waals surface area (Å²) in [5.74, 6) is -0.927. The molecule has 28 heavy (non-hydrogen) atoms. The fourth-order valence-corrected chi connectivity index (χ4v) is 2.30. The number of aromatic nitrogens is 5. The van der Waals surface area contributed by atoms with Gasteiger partial charge in [0.15, 0.2) is 11.8 Å². The third kappa shape index (κ3) is 4.01. The Morgan fingerprint density at radius 3 is 2.54 bits per heavy atom. The Morgan fingerprint density at radius 2 is 1.93 bits per heavy atom. The lowest BCUT2D eigenvalue weighted by atomic mass is 10.2. The summed E-state index contributed by atoms with van der Waals surface area (Å²) in [6.45, 7) is -0.186. The molecule has 7 nitrogen and oxygen atoms in total. The molecular weight excluding hydrogens is 389 g/mol. The maximum atomic E-state index is 14.0. The summed E-state index contributed by atoms with van der Waals surface area (Å²) in [4.78, 5) is 7.90. The van der Waals surface area contributed by atoms with Crippen molar-refractivity contribution in [3.63, 3.8) is 0 Å². The van der Waals surface area contributed by atoms with Gasteiger partial charge in [0.25, 0.3) is 6.43 Å². The van der Waals surface area contributed by atoms with Crippen molar-refractivity contribution in [1.82, 2.24) is 24.6 Å². The van der Waals surface area contributed by atoms with E-state index in [1.807, 2.05) is 0 Å². The normalized spacial score (nSPS) is 13.2. The number of hydrogen-bond acceptors (Lipinski definition) is 6. The lowest BCUT2D eigenvalue weighted by Crippen LogP contribution is -2.27. The molecule has 0 spiro atoms. The number of halogens is 5. The van der Waals surface area contributed by atoms with Crippen LogP contribution in [0.2, 0.25) is 0 Å². The number of alkyl halides is 5. The molecule has 0 fully saturated rings. The molecule has 3 heterocycles. The Hall–Kier alpha value is -2.89. The van der Waals surface area contributed by atoms with Crippen LogP contribution in [0.25, 0.3) is 16.9 Å². The molecule has 0 bridgehead atoms. The van der Waals surface area contributed by atoms with Crippen molar-refractivity contribution in [1.29, 1.82) is 0 Å². The van der Waals surface area contributed by atoms with E-state index in [1.165, 1.54) is 37.6 Å². The smallest absolute Gasteiger partial charge is 0.418 e. The highest BCUT2D eigenvalue weighted by molar-refractivity contribution is 5.59. The minimum absolute atomic E-state index is 0.0776. The first-order valence-electron chi connectivity index (χ1n) is 8.06. The van der Waals surface area contributed by atoms with Crippen LogP contribution in [-0.2, 0) is 10.8 Å². The Morgan fingerprint density at radius 1 is 1.14 bits per heavy atom. The zero-order valence-corrected chi connectivity index (χ0v) is 14.4. The highest BCUT2D eigenvalue weighted by Crippen LogP contribution is 2.29. The maximum Gasteiger partial charge on any atom is 0.418 e. The summed E-state index contributed by atoms with van der Waals surface area (Å²) in [7, 11) is 0. The van der Waals surface area contributed by atoms with Crippen molar-refractivity contribution in [3.05, 3.63) is 36.5 Å². The summed E-state index contributed by atoms with van der Waals surface area (Å²) in [5.41, 5.74) is 0.687. The van der Waals surface area contributed by atoms with Crippen LogP contribution >= 0.6 is 0 Å². The number of pyridine rings is 1. The van der Waals surface area contributed by atoms with E-state index in [9.17, 15) is 22.0 Å². The molecule has 0 aliphatic carbocycles. The number of rotatable bonds is 8. The Kier molecular flexibility index (Phi) is 5.68. The summed E-state index contributed by atoms with van der Waals surface area (Å²) in [6.07, 6.45) is -4.86. The predicted octanol–water partition coefficient (Wildman–Crippen LogP) is 3.25. The average Bonchev–Trinajstić information content (AvgIpc) is 3.10. The third-order valence-electron chi connectivity index (χ3n) is 3.62. The fraction of sp³-hybridized carbons (Fsp3) is 0.375. The van der Waals surface area contributed by atoms with Gasteiger partial charge in [0.2, 0.25) is 11.7 Å². The molecule has 0 aromatic carbocycles. The zero-order chi connectivity index (χ0) is 20.3. The second-order valence-corrected chi connectivity index (χ2v) is 5.50. The number of ether oxygens (including phenoxy) is 2. The molecule has 0 saturated heterocycles. The van der Waals surface area contributed by atoms with Crippen molar-refractivity contribution in [2.24, 2.45) is 0 Å². The van der Waals surface area contributed by atoms with Gasteiger partial charge in [-0.15, -0.1) is 10.2 Å². The monoisotopic (exact) mass is 403 g/mol.